The molecule has 6 heavy (non-hydrogen) atoms. The van der Waals surface area contributed by atoms with E-state index < -0.39 is 0 Å². The van der Waals surface area contributed by atoms with Gasteiger partial charge in [-0.25, -0.2) is 0 Å². The van der Waals surface area contributed by atoms with Crippen molar-refractivity contribution in [1.29, 1.82) is 0 Å². The Morgan fingerprint density at radius 3 is 1.17 bits per heavy atom. The van der Waals surface area contributed by atoms with E-state index in [1.54, 1.807) is 0 Å². The van der Waals surface area contributed by atoms with Gasteiger partial charge in [-0.05, 0) is 0 Å². The van der Waals surface area contributed by atoms with Gasteiger partial charge in [0.2, 0.25) is 0 Å². The molecule has 1 radical (unpaired) electrons. The third kappa shape index (κ3) is 24.7. The van der Waals surface area contributed by atoms with Gasteiger partial charge in [-0.1, -0.05) is 0 Å². The minimum absolute atomic E-state index is 0. The smallest absolute Gasteiger partial charge is 1.00 e. The van der Waals surface area contributed by atoms with Crippen LogP contribution in [0.4, 0.5) is 0 Å². The van der Waals surface area contributed by atoms with E-state index in [-0.39, 0.29) is 125 Å². The Morgan fingerprint density at radius 2 is 1.17 bits per heavy atom. The van der Waals surface area contributed by atoms with Crippen molar-refractivity contribution in [2.75, 3.05) is 0 Å². The quantitative estimate of drug-likeness (QED) is 0.541. The molecule has 0 aromatic carbocycles. The fourth-order valence-electron chi connectivity index (χ4n) is 0. The summed E-state index contributed by atoms with van der Waals surface area (Å²) < 4.78 is 0. The average Bonchev–Trinajstić information content (AvgIpc) is 0. The summed E-state index contributed by atoms with van der Waals surface area (Å²) in [4.78, 5) is 0. The first-order valence-corrected chi connectivity index (χ1v) is 0. The Kier molecular flexibility index (Phi) is 313. The van der Waals surface area contributed by atoms with Crippen LogP contribution in [-0.4, -0.2) is 23.1 Å². The second-order valence-corrected chi connectivity index (χ2v) is 0. The second kappa shape index (κ2) is 36.5. The van der Waals surface area contributed by atoms with E-state index in [0.29, 0.717) is 0 Å². The topological polar surface area (TPSA) is 0 Å². The molecule has 0 atom stereocenters. The van der Waals surface area contributed by atoms with Crippen molar-refractivity contribution in [2.45, 2.75) is 0 Å². The summed E-state index contributed by atoms with van der Waals surface area (Å²) in [5, 5.41) is 0. The molecule has 0 heterocycles. The van der Waals surface area contributed by atoms with Gasteiger partial charge >= 0.3 is 23.1 Å². The monoisotopic (exact) mass is 329 g/mol. The van der Waals surface area contributed by atoms with Gasteiger partial charge in [0.1, 0.15) is 0 Å². The van der Waals surface area contributed by atoms with Crippen molar-refractivity contribution in [2.24, 2.45) is 0 Å². The Labute approximate surface area is 122 Å². The fourth-order valence-corrected chi connectivity index (χ4v) is 0. The Morgan fingerprint density at radius 1 is 1.17 bits per heavy atom. The van der Waals surface area contributed by atoms with Crippen molar-refractivity contribution in [1.82, 2.24) is 0 Å². The second-order valence-electron chi connectivity index (χ2n) is 0. The predicted molar refractivity (Wildman–Crippen MR) is 7.98 cm³/mol. The van der Waals surface area contributed by atoms with Crippen LogP contribution in [0.3, 0.4) is 0 Å². The molecule has 0 unspecified atom stereocenters. The molecule has 0 aromatic rings. The number of hydrogen-bond donors (Lipinski definition) is 0. The molecule has 0 fully saturated rings. The summed E-state index contributed by atoms with van der Waals surface area (Å²) in [5.41, 5.74) is 0. The van der Waals surface area contributed by atoms with Gasteiger partial charge in [0.15, 0.2) is 0 Å². The van der Waals surface area contributed by atoms with E-state index in [1.807, 2.05) is 0 Å². The number of hydrogen-bond acceptors (Lipinski definition) is 0. The molecular weight excluding hydrogens is 329 g/mol. The molecule has 0 aromatic heterocycles. The SMILES string of the molecule is [Cr].[H-].[H-].[Mg+2].[Mn].[Ni].[Ti].[Zr]. The molecule has 0 N–H and O–H groups in total. The molecule has 0 amide bonds. The normalized spacial score (nSPS) is 0. The van der Waals surface area contributed by atoms with E-state index in [9.17, 15) is 0 Å². The van der Waals surface area contributed by atoms with E-state index in [4.69, 9.17) is 0 Å². The predicted octanol–water partition coefficient (Wildman–Crippen LogP) is -0.168. The molecule has 0 aliphatic rings. The van der Waals surface area contributed by atoms with E-state index in [0.717, 1.165) is 0 Å². The van der Waals surface area contributed by atoms with Crippen molar-refractivity contribution in [3.05, 3.63) is 0 Å². The van der Waals surface area contributed by atoms with Gasteiger partial charge in [0, 0.05) is 98.8 Å². The molecule has 35 valence electrons. The zero-order valence-corrected chi connectivity index (χ0v) is 11.7. The molecule has 0 bridgehead atoms. The van der Waals surface area contributed by atoms with Crippen LogP contribution in [0.15, 0.2) is 0 Å². The largest absolute Gasteiger partial charge is 2.00 e. The molecule has 0 spiro atoms. The zero-order chi connectivity index (χ0) is 0. The maximum atomic E-state index is 0. The van der Waals surface area contributed by atoms with Gasteiger partial charge in [0.25, 0.3) is 0 Å². The van der Waals surface area contributed by atoms with E-state index >= 15 is 0 Å². The molecule has 6 heteroatoms. The summed E-state index contributed by atoms with van der Waals surface area (Å²) >= 11 is 0. The Bertz CT molecular complexity index is 22.0. The molecule has 0 saturated carbocycles. The summed E-state index contributed by atoms with van der Waals surface area (Å²) in [5.74, 6) is 0. The van der Waals surface area contributed by atoms with E-state index in [2.05, 4.69) is 0 Å². The van der Waals surface area contributed by atoms with Crippen LogP contribution >= 0.6 is 0 Å². The summed E-state index contributed by atoms with van der Waals surface area (Å²) in [6.45, 7) is 0. The molecule has 0 rings (SSSR count). The third-order valence-corrected chi connectivity index (χ3v) is 0. The first-order valence-electron chi connectivity index (χ1n) is 0. The third-order valence-electron chi connectivity index (χ3n) is 0. The van der Waals surface area contributed by atoms with Gasteiger partial charge in [-0.15, -0.1) is 0 Å². The van der Waals surface area contributed by atoms with Gasteiger partial charge < -0.3 is 2.85 Å². The number of rotatable bonds is 0. The maximum absolute atomic E-state index is 0. The molecule has 0 nitrogen and oxygen atoms in total. The van der Waals surface area contributed by atoms with Crippen LogP contribution in [0.25, 0.3) is 0 Å². The van der Waals surface area contributed by atoms with Crippen LogP contribution in [-0.2, 0) is 98.8 Å². The maximum Gasteiger partial charge on any atom is 2.00 e. The minimum atomic E-state index is 0. The van der Waals surface area contributed by atoms with Crippen LogP contribution < -0.4 is 0 Å². The van der Waals surface area contributed by atoms with E-state index in [1.165, 1.54) is 0 Å². The van der Waals surface area contributed by atoms with Crippen LogP contribution in [0.5, 0.6) is 0 Å². The van der Waals surface area contributed by atoms with Crippen LogP contribution in [0.1, 0.15) is 2.85 Å². The first kappa shape index (κ1) is 51.5. The molecule has 0 aliphatic carbocycles. The average molecular weight is 331 g/mol. The summed E-state index contributed by atoms with van der Waals surface area (Å²) in [6.07, 6.45) is 0. The van der Waals surface area contributed by atoms with Gasteiger partial charge in [-0.3, -0.25) is 0 Å². The Hall–Kier alpha value is 3.91. The summed E-state index contributed by atoms with van der Waals surface area (Å²) in [6, 6.07) is 0. The Balaban J connectivity index is 0. The zero-order valence-electron chi connectivity index (χ0n) is 4.81. The molecular formula is H2CrMgMnNiTiZr. The van der Waals surface area contributed by atoms with Gasteiger partial charge in [-0.2, -0.15) is 0 Å². The molecule has 0 saturated heterocycles. The van der Waals surface area contributed by atoms with Crippen LogP contribution in [0.2, 0.25) is 0 Å². The first-order chi connectivity index (χ1) is 0. The van der Waals surface area contributed by atoms with Crippen molar-refractivity contribution < 1.29 is 102 Å². The fraction of sp³-hybridized carbons (Fsp3) is 0. The van der Waals surface area contributed by atoms with Crippen molar-refractivity contribution >= 4 is 23.1 Å². The van der Waals surface area contributed by atoms with Crippen molar-refractivity contribution in [3.8, 4) is 0 Å². The van der Waals surface area contributed by atoms with Crippen molar-refractivity contribution in [3.63, 3.8) is 0 Å². The van der Waals surface area contributed by atoms with Crippen LogP contribution in [0, 0.1) is 0 Å². The summed E-state index contributed by atoms with van der Waals surface area (Å²) in [7, 11) is 0. The minimum Gasteiger partial charge on any atom is -1.00 e. The van der Waals surface area contributed by atoms with Gasteiger partial charge in [0.05, 0.1) is 0 Å². The molecule has 0 aliphatic heterocycles. The standard InChI is InChI=1S/Cr.Mg.Mn.Ni.Ti.Zr.2H/q;+2;;;;;2*-1.